The molecule has 0 aliphatic carbocycles. The lowest BCUT2D eigenvalue weighted by Crippen LogP contribution is -2.27. The zero-order chi connectivity index (χ0) is 29.5. The van der Waals surface area contributed by atoms with Crippen molar-refractivity contribution in [2.45, 2.75) is 52.2 Å². The Kier molecular flexibility index (Phi) is 7.31. The number of benzene rings is 1. The van der Waals surface area contributed by atoms with Gasteiger partial charge in [-0.3, -0.25) is 23.8 Å². The van der Waals surface area contributed by atoms with Crippen LogP contribution in [0.1, 0.15) is 51.4 Å². The van der Waals surface area contributed by atoms with E-state index < -0.39 is 18.5 Å². The molecule has 1 N–H and O–H groups in total. The maximum absolute atomic E-state index is 13.9. The number of aryl methyl sites for hydroxylation is 1. The molecule has 0 saturated carbocycles. The Hall–Kier alpha value is -4.45. The fraction of sp³-hybridized carbons (Fsp3) is 0.310. The quantitative estimate of drug-likeness (QED) is 0.277. The van der Waals surface area contributed by atoms with Crippen LogP contribution in [0, 0.1) is 5.92 Å². The first-order chi connectivity index (χ1) is 20.2. The van der Waals surface area contributed by atoms with Crippen molar-refractivity contribution in [2.24, 2.45) is 5.92 Å². The van der Waals surface area contributed by atoms with Crippen LogP contribution in [0.5, 0.6) is 0 Å². The highest BCUT2D eigenvalue weighted by molar-refractivity contribution is 6.31. The minimum atomic E-state index is -2.93. The minimum absolute atomic E-state index is 0.0619. The Labute approximate surface area is 244 Å². The summed E-state index contributed by atoms with van der Waals surface area (Å²) in [6.07, 6.45) is 7.52. The predicted octanol–water partition coefficient (Wildman–Crippen LogP) is 5.93. The second kappa shape index (κ2) is 11.1. The first-order valence-corrected chi connectivity index (χ1v) is 14.0. The highest BCUT2D eigenvalue weighted by Gasteiger charge is 2.26. The number of carbonyl (C=O) groups excluding carboxylic acids is 1. The van der Waals surface area contributed by atoms with Crippen LogP contribution in [0.25, 0.3) is 33.4 Å². The largest absolute Gasteiger partial charge is 0.333 e. The van der Waals surface area contributed by atoms with E-state index in [1.54, 1.807) is 31.3 Å². The van der Waals surface area contributed by atoms with E-state index in [1.807, 2.05) is 17.7 Å². The summed E-state index contributed by atoms with van der Waals surface area (Å²) in [4.78, 5) is 35.7. The number of aromatic nitrogens is 7. The molecule has 1 aliphatic rings. The number of fused-ring (bicyclic) bond motifs is 5. The second-order valence-corrected chi connectivity index (χ2v) is 10.7. The van der Waals surface area contributed by atoms with Crippen molar-refractivity contribution in [1.82, 2.24) is 34.1 Å². The summed E-state index contributed by atoms with van der Waals surface area (Å²) in [5.41, 5.74) is 2.78. The summed E-state index contributed by atoms with van der Waals surface area (Å²) in [5.74, 6) is -0.691. The predicted molar refractivity (Wildman–Crippen MR) is 154 cm³/mol. The number of anilines is 1. The molecule has 1 aromatic carbocycles. The van der Waals surface area contributed by atoms with Crippen LogP contribution in [-0.4, -0.2) is 40.0 Å². The Morgan fingerprint density at radius 1 is 1.10 bits per heavy atom. The average Bonchev–Trinajstić information content (AvgIpc) is 3.58. The van der Waals surface area contributed by atoms with E-state index >= 15 is 0 Å². The van der Waals surface area contributed by atoms with Gasteiger partial charge in [-0.2, -0.15) is 19.0 Å². The minimum Gasteiger partial charge on any atom is -0.323 e. The second-order valence-electron chi connectivity index (χ2n) is 10.3. The van der Waals surface area contributed by atoms with Gasteiger partial charge >= 0.3 is 6.55 Å². The van der Waals surface area contributed by atoms with Gasteiger partial charge in [0.05, 0.1) is 53.0 Å². The van der Waals surface area contributed by atoms with Gasteiger partial charge in [-0.25, -0.2) is 9.67 Å². The lowest BCUT2D eigenvalue weighted by Gasteiger charge is -2.22. The number of rotatable bonds is 4. The van der Waals surface area contributed by atoms with Crippen LogP contribution in [-0.2, 0) is 11.3 Å². The van der Waals surface area contributed by atoms with E-state index in [2.05, 4.69) is 25.5 Å². The molecule has 0 fully saturated rings. The molecular formula is C29H27ClF2N8O2. The Balaban J connectivity index is 1.47. The first-order valence-electron chi connectivity index (χ1n) is 13.6. The molecule has 42 heavy (non-hydrogen) atoms. The first kappa shape index (κ1) is 27.7. The summed E-state index contributed by atoms with van der Waals surface area (Å²) in [6.45, 7) is 1.45. The van der Waals surface area contributed by atoms with Gasteiger partial charge in [0.2, 0.25) is 5.91 Å². The van der Waals surface area contributed by atoms with Gasteiger partial charge in [0.1, 0.15) is 0 Å². The van der Waals surface area contributed by atoms with E-state index in [4.69, 9.17) is 11.6 Å². The van der Waals surface area contributed by atoms with E-state index in [9.17, 15) is 18.4 Å². The van der Waals surface area contributed by atoms with Crippen molar-refractivity contribution in [2.75, 3.05) is 5.32 Å². The number of nitrogens with zero attached hydrogens (tertiary/aromatic N) is 7. The summed E-state index contributed by atoms with van der Waals surface area (Å²) >= 11 is 6.39. The Bertz CT molecular complexity index is 1860. The molecule has 5 heterocycles. The molecule has 10 nitrogen and oxygen atoms in total. The summed E-state index contributed by atoms with van der Waals surface area (Å²) in [6, 6.07) is 7.71. The zero-order valence-electron chi connectivity index (χ0n) is 22.8. The molecular weight excluding hydrogens is 566 g/mol. The fourth-order valence-corrected chi connectivity index (χ4v) is 5.75. The fourth-order valence-electron chi connectivity index (χ4n) is 5.52. The molecule has 2 atom stereocenters. The third kappa shape index (κ3) is 4.95. The molecule has 2 unspecified atom stereocenters. The molecule has 0 radical (unpaired) electrons. The van der Waals surface area contributed by atoms with Crippen molar-refractivity contribution in [3.05, 3.63) is 76.3 Å². The number of pyridine rings is 1. The topological polar surface area (TPSA) is 113 Å². The summed E-state index contributed by atoms with van der Waals surface area (Å²) in [7, 11) is 0. The van der Waals surface area contributed by atoms with Crippen LogP contribution >= 0.6 is 11.6 Å². The third-order valence-electron chi connectivity index (χ3n) is 7.64. The van der Waals surface area contributed by atoms with Crippen molar-refractivity contribution in [1.29, 1.82) is 0 Å². The third-order valence-corrected chi connectivity index (χ3v) is 7.86. The molecule has 13 heteroatoms. The van der Waals surface area contributed by atoms with Gasteiger partial charge in [0.25, 0.3) is 5.56 Å². The molecule has 6 rings (SSSR count). The van der Waals surface area contributed by atoms with Gasteiger partial charge in [-0.05, 0) is 44.0 Å². The van der Waals surface area contributed by atoms with Crippen LogP contribution in [0.15, 0.2) is 60.0 Å². The van der Waals surface area contributed by atoms with Crippen LogP contribution in [0.4, 0.5) is 14.5 Å². The number of alkyl halides is 2. The van der Waals surface area contributed by atoms with E-state index in [1.165, 1.54) is 29.4 Å². The number of nitrogens with one attached hydrogen (secondary N) is 1. The highest BCUT2D eigenvalue weighted by Crippen LogP contribution is 2.35. The van der Waals surface area contributed by atoms with E-state index in [-0.39, 0.29) is 22.8 Å². The number of hydrogen-bond acceptors (Lipinski definition) is 6. The molecule has 2 bridgehead atoms. The number of hydrogen-bond donors (Lipinski definition) is 1. The van der Waals surface area contributed by atoms with Crippen LogP contribution in [0.3, 0.4) is 0 Å². The standard InChI is InChI=1S/C29H27ClF2N8O2/c1-3-39-26-18(13-35-39)9-19(30)11-20(26)21-12-25(41)38(15-34-21)24-6-4-5-16(2)28(42)37-23-14-36-40(29(31)32)27(23)17-7-8-33-22(24)10-17/h7-16,24,29H,3-6H2,1-2H3,(H,37,42). The van der Waals surface area contributed by atoms with Crippen molar-refractivity contribution in [3.63, 3.8) is 0 Å². The van der Waals surface area contributed by atoms with Gasteiger partial charge < -0.3 is 5.32 Å². The van der Waals surface area contributed by atoms with Crippen molar-refractivity contribution >= 4 is 34.1 Å². The molecule has 0 saturated heterocycles. The molecule has 1 aliphatic heterocycles. The Morgan fingerprint density at radius 2 is 1.93 bits per heavy atom. The molecule has 4 aromatic heterocycles. The average molecular weight is 593 g/mol. The zero-order valence-corrected chi connectivity index (χ0v) is 23.6. The highest BCUT2D eigenvalue weighted by atomic mass is 35.5. The summed E-state index contributed by atoms with van der Waals surface area (Å²) < 4.78 is 31.7. The van der Waals surface area contributed by atoms with E-state index in [0.717, 1.165) is 10.9 Å². The SMILES string of the molecule is CCn1ncc2cc(Cl)cc(-c3cc(=O)n(C4CCCC(C)C(=O)Nc5cnn(C(F)F)c5-c5ccnc4c5)cn3)c21. The maximum Gasteiger partial charge on any atom is 0.333 e. The lowest BCUT2D eigenvalue weighted by molar-refractivity contribution is -0.119. The number of amides is 1. The van der Waals surface area contributed by atoms with Gasteiger partial charge in [-0.15, -0.1) is 0 Å². The molecule has 1 amide bonds. The van der Waals surface area contributed by atoms with Crippen molar-refractivity contribution in [3.8, 4) is 22.5 Å². The monoisotopic (exact) mass is 592 g/mol. The van der Waals surface area contributed by atoms with Gasteiger partial charge in [0.15, 0.2) is 0 Å². The molecule has 5 aromatic rings. The number of halogens is 3. The number of carbonyl (C=O) groups is 1. The van der Waals surface area contributed by atoms with Crippen LogP contribution < -0.4 is 10.9 Å². The maximum atomic E-state index is 13.9. The summed E-state index contributed by atoms with van der Waals surface area (Å²) in [5, 5.41) is 12.3. The van der Waals surface area contributed by atoms with E-state index in [0.29, 0.717) is 58.0 Å². The van der Waals surface area contributed by atoms with Gasteiger partial charge in [-0.1, -0.05) is 24.9 Å². The lowest BCUT2D eigenvalue weighted by atomic mass is 9.97. The normalized spacial score (nSPS) is 17.5. The van der Waals surface area contributed by atoms with Crippen LogP contribution in [0.2, 0.25) is 5.02 Å². The Morgan fingerprint density at radius 3 is 2.69 bits per heavy atom. The molecule has 216 valence electrons. The van der Waals surface area contributed by atoms with Crippen molar-refractivity contribution < 1.29 is 13.6 Å². The molecule has 0 spiro atoms. The van der Waals surface area contributed by atoms with Gasteiger partial charge in [0, 0.05) is 46.3 Å². The smallest absolute Gasteiger partial charge is 0.323 e.